The van der Waals surface area contributed by atoms with Crippen molar-refractivity contribution in [3.63, 3.8) is 0 Å². The number of hydrogen-bond acceptors (Lipinski definition) is 4. The number of hydrogen-bond donors (Lipinski definition) is 1. The quantitative estimate of drug-likeness (QED) is 0.459. The third-order valence-electron chi connectivity index (χ3n) is 7.92. The Bertz CT molecular complexity index is 1200. The highest BCUT2D eigenvalue weighted by atomic mass is 16.5. The topological polar surface area (TPSA) is 57.8 Å². The number of aromatic nitrogens is 1. The second-order valence-electron chi connectivity index (χ2n) is 10.1. The van der Waals surface area contributed by atoms with Crippen molar-refractivity contribution in [1.82, 2.24) is 14.8 Å². The van der Waals surface area contributed by atoms with Gasteiger partial charge in [0.15, 0.2) is 11.5 Å². The van der Waals surface area contributed by atoms with Crippen LogP contribution in [0.2, 0.25) is 0 Å². The van der Waals surface area contributed by atoms with Crippen molar-refractivity contribution in [2.75, 3.05) is 46.9 Å². The molecule has 2 fully saturated rings. The predicted molar refractivity (Wildman–Crippen MR) is 145 cm³/mol. The molecule has 3 aromatic rings. The zero-order valence-electron chi connectivity index (χ0n) is 21.4. The summed E-state index contributed by atoms with van der Waals surface area (Å²) in [6.45, 7) is 5.16. The van der Waals surface area contributed by atoms with Crippen molar-refractivity contribution in [1.29, 1.82) is 0 Å². The summed E-state index contributed by atoms with van der Waals surface area (Å²) in [5.74, 6) is 2.76. The van der Waals surface area contributed by atoms with E-state index in [-0.39, 0.29) is 5.91 Å². The van der Waals surface area contributed by atoms with Gasteiger partial charge in [-0.3, -0.25) is 4.79 Å². The maximum absolute atomic E-state index is 12.8. The van der Waals surface area contributed by atoms with E-state index in [2.05, 4.69) is 40.3 Å². The van der Waals surface area contributed by atoms with Gasteiger partial charge < -0.3 is 24.3 Å². The van der Waals surface area contributed by atoms with Gasteiger partial charge in [0.05, 0.1) is 14.2 Å². The summed E-state index contributed by atoms with van der Waals surface area (Å²) in [7, 11) is 3.24. The van der Waals surface area contributed by atoms with Crippen molar-refractivity contribution in [2.45, 2.75) is 31.6 Å². The van der Waals surface area contributed by atoms with Crippen molar-refractivity contribution >= 4 is 22.9 Å². The summed E-state index contributed by atoms with van der Waals surface area (Å²) in [6, 6.07) is 14.3. The number of aromatic amines is 1. The molecule has 1 amide bonds. The number of amides is 1. The predicted octanol–water partition coefficient (Wildman–Crippen LogP) is 5.32. The highest BCUT2D eigenvalue weighted by Gasteiger charge is 2.27. The number of carbonyl (C=O) groups is 1. The van der Waals surface area contributed by atoms with Crippen molar-refractivity contribution in [3.8, 4) is 11.5 Å². The van der Waals surface area contributed by atoms with Gasteiger partial charge in [0.1, 0.15) is 0 Å². The minimum absolute atomic E-state index is 0.0859. The van der Waals surface area contributed by atoms with Crippen LogP contribution in [0.25, 0.3) is 17.0 Å². The molecule has 2 aliphatic heterocycles. The van der Waals surface area contributed by atoms with Gasteiger partial charge in [-0.1, -0.05) is 24.3 Å². The molecule has 190 valence electrons. The Morgan fingerprint density at radius 3 is 2.47 bits per heavy atom. The second-order valence-corrected chi connectivity index (χ2v) is 10.1. The van der Waals surface area contributed by atoms with E-state index in [1.807, 2.05) is 29.2 Å². The Morgan fingerprint density at radius 2 is 1.72 bits per heavy atom. The summed E-state index contributed by atoms with van der Waals surface area (Å²) in [5.41, 5.74) is 3.65. The number of para-hydroxylation sites is 1. The average Bonchev–Trinajstić information content (AvgIpc) is 3.36. The number of nitrogens with zero attached hydrogens (tertiary/aromatic N) is 2. The first kappa shape index (κ1) is 24.4. The molecule has 2 saturated heterocycles. The van der Waals surface area contributed by atoms with Gasteiger partial charge >= 0.3 is 0 Å². The molecule has 5 rings (SSSR count). The number of methoxy groups -OCH3 is 2. The van der Waals surface area contributed by atoms with Gasteiger partial charge in [-0.2, -0.15) is 0 Å². The van der Waals surface area contributed by atoms with E-state index in [9.17, 15) is 4.79 Å². The molecule has 1 N–H and O–H groups in total. The normalized spacial score (nSPS) is 18.2. The zero-order chi connectivity index (χ0) is 24.9. The Hall–Kier alpha value is -3.25. The lowest BCUT2D eigenvalue weighted by atomic mass is 9.88. The molecule has 3 heterocycles. The number of ether oxygens (including phenoxy) is 2. The first-order chi connectivity index (χ1) is 17.6. The van der Waals surface area contributed by atoms with Gasteiger partial charge in [-0.05, 0) is 86.0 Å². The maximum Gasteiger partial charge on any atom is 0.246 e. The molecule has 6 nitrogen and oxygen atoms in total. The first-order valence-corrected chi connectivity index (χ1v) is 13.1. The smallest absolute Gasteiger partial charge is 0.246 e. The Labute approximate surface area is 213 Å². The molecule has 0 unspecified atom stereocenters. The summed E-state index contributed by atoms with van der Waals surface area (Å²) >= 11 is 0. The fraction of sp³-hybridized carbons (Fsp3) is 0.433. The van der Waals surface area contributed by atoms with Gasteiger partial charge in [0, 0.05) is 42.8 Å². The van der Waals surface area contributed by atoms with Crippen LogP contribution in [0, 0.1) is 5.92 Å². The second kappa shape index (κ2) is 11.2. The summed E-state index contributed by atoms with van der Waals surface area (Å²) in [4.78, 5) is 20.8. The summed E-state index contributed by atoms with van der Waals surface area (Å²) in [6.07, 6.45) is 10.4. The van der Waals surface area contributed by atoms with Gasteiger partial charge in [-0.15, -0.1) is 0 Å². The molecule has 36 heavy (non-hydrogen) atoms. The Balaban J connectivity index is 1.07. The van der Waals surface area contributed by atoms with Crippen LogP contribution in [0.15, 0.2) is 54.7 Å². The van der Waals surface area contributed by atoms with E-state index in [1.54, 1.807) is 20.3 Å². The van der Waals surface area contributed by atoms with Gasteiger partial charge in [-0.25, -0.2) is 0 Å². The lowest BCUT2D eigenvalue weighted by Crippen LogP contribution is -2.42. The highest BCUT2D eigenvalue weighted by molar-refractivity contribution is 5.92. The standard InChI is InChI=1S/C30H37N3O3/c1-35-28-9-7-22(19-29(28)36-2)8-10-30(34)33-17-11-23(12-18-33)21-32-15-13-24(14-16-32)26-20-31-27-6-4-3-5-25(26)27/h3-10,19-20,23-24,31H,11-18,21H2,1-2H3/b10-8+. The molecule has 0 atom stereocenters. The van der Waals surface area contributed by atoms with Crippen LogP contribution >= 0.6 is 0 Å². The first-order valence-electron chi connectivity index (χ1n) is 13.1. The molecule has 2 aliphatic rings. The minimum atomic E-state index is 0.0859. The third kappa shape index (κ3) is 5.44. The fourth-order valence-electron chi connectivity index (χ4n) is 5.79. The summed E-state index contributed by atoms with van der Waals surface area (Å²) in [5, 5.41) is 1.38. The molecular weight excluding hydrogens is 450 g/mol. The number of piperidine rings is 2. The molecule has 0 aliphatic carbocycles. The maximum atomic E-state index is 12.8. The van der Waals surface area contributed by atoms with Crippen LogP contribution in [0.4, 0.5) is 0 Å². The number of nitrogens with one attached hydrogen (secondary N) is 1. The highest BCUT2D eigenvalue weighted by Crippen LogP contribution is 2.34. The number of carbonyl (C=O) groups excluding carboxylic acids is 1. The fourth-order valence-corrected chi connectivity index (χ4v) is 5.79. The van der Waals surface area contributed by atoms with E-state index in [1.165, 1.54) is 29.3 Å². The zero-order valence-corrected chi connectivity index (χ0v) is 21.4. The van der Waals surface area contributed by atoms with Crippen LogP contribution in [-0.2, 0) is 4.79 Å². The van der Waals surface area contributed by atoms with Gasteiger partial charge in [0.2, 0.25) is 5.91 Å². The molecule has 0 saturated carbocycles. The SMILES string of the molecule is COc1ccc(/C=C/C(=O)N2CCC(CN3CCC(c4c[nH]c5ccccc45)CC3)CC2)cc1OC. The molecule has 0 spiro atoms. The van der Waals surface area contributed by atoms with E-state index < -0.39 is 0 Å². The minimum Gasteiger partial charge on any atom is -0.493 e. The van der Waals surface area contributed by atoms with Gasteiger partial charge in [0.25, 0.3) is 0 Å². The lowest BCUT2D eigenvalue weighted by Gasteiger charge is -2.37. The Morgan fingerprint density at radius 1 is 0.972 bits per heavy atom. The third-order valence-corrected chi connectivity index (χ3v) is 7.92. The molecule has 1 aromatic heterocycles. The average molecular weight is 488 g/mol. The van der Waals surface area contributed by atoms with E-state index >= 15 is 0 Å². The monoisotopic (exact) mass is 487 g/mol. The van der Waals surface area contributed by atoms with E-state index in [0.717, 1.165) is 51.1 Å². The van der Waals surface area contributed by atoms with Crippen LogP contribution in [0.3, 0.4) is 0 Å². The number of H-pyrrole nitrogens is 1. The molecule has 0 bridgehead atoms. The van der Waals surface area contributed by atoms with Crippen molar-refractivity contribution in [2.24, 2.45) is 5.92 Å². The molecule has 2 aromatic carbocycles. The van der Waals surface area contributed by atoms with Crippen molar-refractivity contribution < 1.29 is 14.3 Å². The summed E-state index contributed by atoms with van der Waals surface area (Å²) < 4.78 is 10.6. The van der Waals surface area contributed by atoms with Crippen molar-refractivity contribution in [3.05, 3.63) is 65.9 Å². The van der Waals surface area contributed by atoms with Crippen LogP contribution in [-0.4, -0.2) is 67.6 Å². The number of fused-ring (bicyclic) bond motifs is 1. The Kier molecular flexibility index (Phi) is 7.61. The van der Waals surface area contributed by atoms with Crippen LogP contribution < -0.4 is 9.47 Å². The van der Waals surface area contributed by atoms with Crippen LogP contribution in [0.5, 0.6) is 11.5 Å². The largest absolute Gasteiger partial charge is 0.493 e. The van der Waals surface area contributed by atoms with E-state index in [4.69, 9.17) is 9.47 Å². The molecule has 6 heteroatoms. The van der Waals surface area contributed by atoms with Crippen LogP contribution in [0.1, 0.15) is 42.7 Å². The lowest BCUT2D eigenvalue weighted by molar-refractivity contribution is -0.127. The molecular formula is C30H37N3O3. The molecule has 0 radical (unpaired) electrons. The number of benzene rings is 2. The number of rotatable bonds is 7. The number of likely N-dealkylation sites (tertiary alicyclic amines) is 2. The van der Waals surface area contributed by atoms with E-state index in [0.29, 0.717) is 23.3 Å².